The fourth-order valence-electron chi connectivity index (χ4n) is 1.90. The molecule has 1 fully saturated rings. The van der Waals surface area contributed by atoms with E-state index in [1.807, 2.05) is 12.1 Å². The summed E-state index contributed by atoms with van der Waals surface area (Å²) in [6.45, 7) is 1.08. The van der Waals surface area contributed by atoms with Gasteiger partial charge >= 0.3 is 0 Å². The number of carbonyl (C=O) groups excluding carboxylic acids is 1. The molecule has 0 saturated carbocycles. The SMILES string of the molecule is O=C(c1cccc(Br)c1)c1ccc(C2OCCO2)o1. The molecule has 1 aliphatic heterocycles. The van der Waals surface area contributed by atoms with Crippen LogP contribution in [0.3, 0.4) is 0 Å². The Morgan fingerprint density at radius 1 is 1.16 bits per heavy atom. The molecule has 2 aromatic rings. The summed E-state index contributed by atoms with van der Waals surface area (Å²) in [7, 11) is 0. The highest BCUT2D eigenvalue weighted by Crippen LogP contribution is 2.26. The highest BCUT2D eigenvalue weighted by molar-refractivity contribution is 9.10. The monoisotopic (exact) mass is 322 g/mol. The molecule has 0 N–H and O–H groups in total. The number of rotatable bonds is 3. The first-order chi connectivity index (χ1) is 9.24. The molecule has 19 heavy (non-hydrogen) atoms. The Labute approximate surface area is 118 Å². The first-order valence-corrected chi connectivity index (χ1v) is 6.66. The molecule has 4 nitrogen and oxygen atoms in total. The third-order valence-electron chi connectivity index (χ3n) is 2.79. The number of benzene rings is 1. The Balaban J connectivity index is 1.84. The van der Waals surface area contributed by atoms with Gasteiger partial charge in [0.05, 0.1) is 13.2 Å². The van der Waals surface area contributed by atoms with Crippen LogP contribution in [-0.4, -0.2) is 19.0 Å². The number of ketones is 1. The summed E-state index contributed by atoms with van der Waals surface area (Å²) in [5, 5.41) is 0. The van der Waals surface area contributed by atoms with Gasteiger partial charge in [0, 0.05) is 10.0 Å². The molecular formula is C14H11BrO4. The zero-order chi connectivity index (χ0) is 13.2. The van der Waals surface area contributed by atoms with Crippen molar-refractivity contribution in [1.29, 1.82) is 0 Å². The molecule has 0 amide bonds. The minimum absolute atomic E-state index is 0.162. The highest BCUT2D eigenvalue weighted by Gasteiger charge is 2.23. The van der Waals surface area contributed by atoms with Crippen LogP contribution in [0.2, 0.25) is 0 Å². The minimum atomic E-state index is -0.496. The van der Waals surface area contributed by atoms with Gasteiger partial charge in [-0.1, -0.05) is 28.1 Å². The van der Waals surface area contributed by atoms with Crippen molar-refractivity contribution >= 4 is 21.7 Å². The summed E-state index contributed by atoms with van der Waals surface area (Å²) in [5.41, 5.74) is 0.573. The van der Waals surface area contributed by atoms with Crippen LogP contribution in [0.5, 0.6) is 0 Å². The molecule has 0 radical (unpaired) electrons. The van der Waals surface area contributed by atoms with Crippen molar-refractivity contribution in [3.8, 4) is 0 Å². The zero-order valence-electron chi connectivity index (χ0n) is 9.97. The lowest BCUT2D eigenvalue weighted by Gasteiger charge is -2.04. The molecule has 0 atom stereocenters. The third-order valence-corrected chi connectivity index (χ3v) is 3.28. The number of carbonyl (C=O) groups is 1. The van der Waals surface area contributed by atoms with E-state index >= 15 is 0 Å². The quantitative estimate of drug-likeness (QED) is 0.813. The molecule has 0 aliphatic carbocycles. The first-order valence-electron chi connectivity index (χ1n) is 5.87. The predicted molar refractivity (Wildman–Crippen MR) is 70.9 cm³/mol. The van der Waals surface area contributed by atoms with E-state index in [0.717, 1.165) is 4.47 Å². The molecule has 1 aromatic heterocycles. The lowest BCUT2D eigenvalue weighted by molar-refractivity contribution is -0.0591. The van der Waals surface area contributed by atoms with E-state index in [1.165, 1.54) is 0 Å². The molecule has 98 valence electrons. The van der Waals surface area contributed by atoms with Crippen molar-refractivity contribution < 1.29 is 18.7 Å². The Morgan fingerprint density at radius 3 is 2.68 bits per heavy atom. The number of hydrogen-bond donors (Lipinski definition) is 0. The molecule has 3 rings (SSSR count). The predicted octanol–water partition coefficient (Wildman–Crippen LogP) is 3.32. The molecule has 0 unspecified atom stereocenters. The molecule has 1 aromatic carbocycles. The van der Waals surface area contributed by atoms with Gasteiger partial charge in [0.15, 0.2) is 11.5 Å². The van der Waals surface area contributed by atoms with Gasteiger partial charge in [-0.15, -0.1) is 0 Å². The number of ether oxygens (including phenoxy) is 2. The Bertz CT molecular complexity index is 599. The van der Waals surface area contributed by atoms with Crippen LogP contribution in [0.1, 0.15) is 28.2 Å². The number of furan rings is 1. The molecule has 1 saturated heterocycles. The summed E-state index contributed by atoms with van der Waals surface area (Å²) in [6.07, 6.45) is -0.496. The van der Waals surface area contributed by atoms with Crippen molar-refractivity contribution in [3.63, 3.8) is 0 Å². The van der Waals surface area contributed by atoms with E-state index < -0.39 is 6.29 Å². The molecule has 0 bridgehead atoms. The van der Waals surface area contributed by atoms with Crippen LogP contribution in [0.15, 0.2) is 45.3 Å². The number of hydrogen-bond acceptors (Lipinski definition) is 4. The summed E-state index contributed by atoms with van der Waals surface area (Å²) < 4.78 is 17.0. The summed E-state index contributed by atoms with van der Waals surface area (Å²) in [5.74, 6) is 0.647. The summed E-state index contributed by atoms with van der Waals surface area (Å²) >= 11 is 3.34. The van der Waals surface area contributed by atoms with E-state index in [4.69, 9.17) is 13.9 Å². The smallest absolute Gasteiger partial charge is 0.228 e. The van der Waals surface area contributed by atoms with Crippen molar-refractivity contribution in [2.75, 3.05) is 13.2 Å². The van der Waals surface area contributed by atoms with Gasteiger partial charge in [-0.2, -0.15) is 0 Å². The van der Waals surface area contributed by atoms with Crippen LogP contribution < -0.4 is 0 Å². The van der Waals surface area contributed by atoms with Crippen LogP contribution >= 0.6 is 15.9 Å². The van der Waals surface area contributed by atoms with Gasteiger partial charge in [-0.25, -0.2) is 0 Å². The van der Waals surface area contributed by atoms with Gasteiger partial charge in [0.1, 0.15) is 0 Å². The van der Waals surface area contributed by atoms with Gasteiger partial charge in [0.2, 0.25) is 12.1 Å². The van der Waals surface area contributed by atoms with Gasteiger partial charge in [-0.05, 0) is 24.3 Å². The minimum Gasteiger partial charge on any atom is -0.452 e. The van der Waals surface area contributed by atoms with Crippen molar-refractivity contribution in [1.82, 2.24) is 0 Å². The lowest BCUT2D eigenvalue weighted by Crippen LogP contribution is -2.00. The average Bonchev–Trinajstić information content (AvgIpc) is 3.08. The number of halogens is 1. The second-order valence-electron chi connectivity index (χ2n) is 4.11. The van der Waals surface area contributed by atoms with Crippen molar-refractivity contribution in [3.05, 3.63) is 58.0 Å². The summed E-state index contributed by atoms with van der Waals surface area (Å²) in [6, 6.07) is 10.5. The Kier molecular flexibility index (Phi) is 3.50. The topological polar surface area (TPSA) is 48.7 Å². The molecule has 0 spiro atoms. The fourth-order valence-corrected chi connectivity index (χ4v) is 2.30. The normalized spacial score (nSPS) is 15.8. The first kappa shape index (κ1) is 12.6. The Hall–Kier alpha value is -1.43. The fraction of sp³-hybridized carbons (Fsp3) is 0.214. The lowest BCUT2D eigenvalue weighted by atomic mass is 10.1. The average molecular weight is 323 g/mol. The third kappa shape index (κ3) is 2.63. The van der Waals surface area contributed by atoms with E-state index in [0.29, 0.717) is 24.5 Å². The molecule has 5 heteroatoms. The maximum Gasteiger partial charge on any atom is 0.228 e. The maximum absolute atomic E-state index is 12.2. The van der Waals surface area contributed by atoms with E-state index in [-0.39, 0.29) is 11.5 Å². The van der Waals surface area contributed by atoms with E-state index in [2.05, 4.69) is 15.9 Å². The maximum atomic E-state index is 12.2. The summed E-state index contributed by atoms with van der Waals surface area (Å²) in [4.78, 5) is 12.2. The second kappa shape index (κ2) is 5.28. The van der Waals surface area contributed by atoms with E-state index in [1.54, 1.807) is 24.3 Å². The highest BCUT2D eigenvalue weighted by atomic mass is 79.9. The van der Waals surface area contributed by atoms with Crippen LogP contribution in [-0.2, 0) is 9.47 Å². The standard InChI is InChI=1S/C14H11BrO4/c15-10-3-1-2-9(8-10)13(16)11-4-5-12(19-11)14-17-6-7-18-14/h1-5,8,14H,6-7H2. The van der Waals surface area contributed by atoms with Gasteiger partial charge < -0.3 is 13.9 Å². The van der Waals surface area contributed by atoms with E-state index in [9.17, 15) is 4.79 Å². The molecular weight excluding hydrogens is 312 g/mol. The molecule has 2 heterocycles. The molecule has 1 aliphatic rings. The largest absolute Gasteiger partial charge is 0.452 e. The van der Waals surface area contributed by atoms with Gasteiger partial charge in [0.25, 0.3) is 0 Å². The van der Waals surface area contributed by atoms with Gasteiger partial charge in [-0.3, -0.25) is 4.79 Å². The van der Waals surface area contributed by atoms with Crippen molar-refractivity contribution in [2.45, 2.75) is 6.29 Å². The second-order valence-corrected chi connectivity index (χ2v) is 5.03. The van der Waals surface area contributed by atoms with Crippen LogP contribution in [0.25, 0.3) is 0 Å². The Morgan fingerprint density at radius 2 is 1.95 bits per heavy atom. The van der Waals surface area contributed by atoms with Crippen LogP contribution in [0, 0.1) is 0 Å². The van der Waals surface area contributed by atoms with Crippen LogP contribution in [0.4, 0.5) is 0 Å². The van der Waals surface area contributed by atoms with Crippen molar-refractivity contribution in [2.24, 2.45) is 0 Å². The zero-order valence-corrected chi connectivity index (χ0v) is 11.6.